The lowest BCUT2D eigenvalue weighted by Gasteiger charge is -2.28. The van der Waals surface area contributed by atoms with Gasteiger partial charge in [-0.05, 0) is 50.0 Å². The highest BCUT2D eigenvalue weighted by Gasteiger charge is 2.50. The van der Waals surface area contributed by atoms with Gasteiger partial charge in [0.25, 0.3) is 5.91 Å². The minimum Gasteiger partial charge on any atom is -0.336 e. The highest BCUT2D eigenvalue weighted by atomic mass is 16.2. The quantitative estimate of drug-likeness (QED) is 0.790. The maximum Gasteiger partial charge on any atom is 0.276 e. The Balaban J connectivity index is 1.25. The normalized spacial score (nSPS) is 31.1. The standard InChI is InChI=1S/C23H32N6O/c24-19-6-8-20(9-7-19)29-14-21(26-27-29)22(30)28-13-18-12-25-15-23(18,16-28)11-10-17-4-2-1-3-5-17/h1-5,14,18-20,25H,6-13,15-16,24H2. The van der Waals surface area contributed by atoms with E-state index in [2.05, 4.69) is 46.0 Å². The summed E-state index contributed by atoms with van der Waals surface area (Å²) in [6, 6.07) is 11.3. The minimum absolute atomic E-state index is 0.0299. The van der Waals surface area contributed by atoms with Gasteiger partial charge in [-0.1, -0.05) is 35.5 Å². The second-order valence-electron chi connectivity index (χ2n) is 9.51. The van der Waals surface area contributed by atoms with E-state index in [1.54, 1.807) is 0 Å². The van der Waals surface area contributed by atoms with Crippen LogP contribution in [0.5, 0.6) is 0 Å². The first-order chi connectivity index (χ1) is 14.6. The lowest BCUT2D eigenvalue weighted by molar-refractivity contribution is 0.0763. The Kier molecular flexibility index (Phi) is 5.33. The Morgan fingerprint density at radius 2 is 2.00 bits per heavy atom. The molecular formula is C23H32N6O. The fourth-order valence-electron chi connectivity index (χ4n) is 5.66. The highest BCUT2D eigenvalue weighted by Crippen LogP contribution is 2.43. The number of nitrogens with two attached hydrogens (primary N) is 1. The molecule has 0 spiro atoms. The molecule has 30 heavy (non-hydrogen) atoms. The third kappa shape index (κ3) is 3.76. The van der Waals surface area contributed by atoms with Gasteiger partial charge in [0, 0.05) is 37.6 Å². The number of carbonyl (C=O) groups is 1. The smallest absolute Gasteiger partial charge is 0.276 e. The molecule has 3 fully saturated rings. The third-order valence-electron chi connectivity index (χ3n) is 7.57. The predicted octanol–water partition coefficient (Wildman–Crippen LogP) is 2.01. The molecule has 1 aromatic heterocycles. The molecule has 1 saturated carbocycles. The van der Waals surface area contributed by atoms with Crippen LogP contribution in [0, 0.1) is 11.3 Å². The second-order valence-corrected chi connectivity index (χ2v) is 9.51. The highest BCUT2D eigenvalue weighted by molar-refractivity contribution is 5.92. The first-order valence-electron chi connectivity index (χ1n) is 11.3. The number of aromatic nitrogens is 3. The molecule has 2 aromatic rings. The third-order valence-corrected chi connectivity index (χ3v) is 7.57. The molecule has 3 N–H and O–H groups in total. The Bertz CT molecular complexity index is 875. The number of carbonyl (C=O) groups excluding carboxylic acids is 1. The van der Waals surface area contributed by atoms with Crippen molar-refractivity contribution in [3.05, 3.63) is 47.8 Å². The zero-order chi connectivity index (χ0) is 20.6. The molecular weight excluding hydrogens is 376 g/mol. The van der Waals surface area contributed by atoms with Gasteiger partial charge in [-0.15, -0.1) is 5.10 Å². The minimum atomic E-state index is 0.0299. The van der Waals surface area contributed by atoms with Gasteiger partial charge in [-0.3, -0.25) is 4.79 Å². The maximum atomic E-state index is 13.2. The van der Waals surface area contributed by atoms with Crippen molar-refractivity contribution in [2.24, 2.45) is 17.1 Å². The summed E-state index contributed by atoms with van der Waals surface area (Å²) in [7, 11) is 0. The first-order valence-corrected chi connectivity index (χ1v) is 11.3. The molecule has 3 heterocycles. The predicted molar refractivity (Wildman–Crippen MR) is 115 cm³/mol. The van der Waals surface area contributed by atoms with Crippen molar-refractivity contribution in [1.82, 2.24) is 25.2 Å². The number of likely N-dealkylation sites (tertiary alicyclic amines) is 1. The molecule has 3 aliphatic rings. The summed E-state index contributed by atoms with van der Waals surface area (Å²) in [5, 5.41) is 12.1. The number of rotatable bonds is 5. The topological polar surface area (TPSA) is 89.1 Å². The van der Waals surface area contributed by atoms with E-state index < -0.39 is 0 Å². The second kappa shape index (κ2) is 8.12. The van der Waals surface area contributed by atoms with Crippen LogP contribution in [-0.2, 0) is 6.42 Å². The number of aryl methyl sites for hydroxylation is 1. The van der Waals surface area contributed by atoms with Crippen LogP contribution in [0.2, 0.25) is 0 Å². The van der Waals surface area contributed by atoms with Crippen molar-refractivity contribution < 1.29 is 4.79 Å². The van der Waals surface area contributed by atoms with Gasteiger partial charge >= 0.3 is 0 Å². The van der Waals surface area contributed by atoms with Crippen molar-refractivity contribution in [3.63, 3.8) is 0 Å². The van der Waals surface area contributed by atoms with Crippen LogP contribution < -0.4 is 11.1 Å². The summed E-state index contributed by atoms with van der Waals surface area (Å²) in [5.74, 6) is 0.544. The Morgan fingerprint density at radius 3 is 2.80 bits per heavy atom. The zero-order valence-corrected chi connectivity index (χ0v) is 17.5. The Labute approximate surface area is 178 Å². The first kappa shape index (κ1) is 19.7. The van der Waals surface area contributed by atoms with E-state index in [1.807, 2.05) is 15.8 Å². The Morgan fingerprint density at radius 1 is 1.20 bits per heavy atom. The number of hydrogen-bond acceptors (Lipinski definition) is 5. The van der Waals surface area contributed by atoms with Crippen molar-refractivity contribution in [2.45, 2.75) is 50.6 Å². The summed E-state index contributed by atoms with van der Waals surface area (Å²) < 4.78 is 1.89. The van der Waals surface area contributed by atoms with Gasteiger partial charge < -0.3 is 16.0 Å². The van der Waals surface area contributed by atoms with Crippen LogP contribution in [0.1, 0.15) is 54.2 Å². The van der Waals surface area contributed by atoms with Gasteiger partial charge in [0.1, 0.15) is 0 Å². The molecule has 5 rings (SSSR count). The van der Waals surface area contributed by atoms with Crippen LogP contribution in [0.3, 0.4) is 0 Å². The summed E-state index contributed by atoms with van der Waals surface area (Å²) in [6.07, 6.45) is 8.06. The molecule has 2 atom stereocenters. The zero-order valence-electron chi connectivity index (χ0n) is 17.5. The molecule has 2 saturated heterocycles. The average molecular weight is 409 g/mol. The molecule has 2 unspecified atom stereocenters. The molecule has 2 aliphatic heterocycles. The van der Waals surface area contributed by atoms with Gasteiger partial charge in [0.15, 0.2) is 5.69 Å². The fraction of sp³-hybridized carbons (Fsp3) is 0.609. The van der Waals surface area contributed by atoms with Gasteiger partial charge in [0.2, 0.25) is 0 Å². The molecule has 7 nitrogen and oxygen atoms in total. The Hall–Kier alpha value is -2.25. The number of nitrogens with zero attached hydrogens (tertiary/aromatic N) is 4. The molecule has 160 valence electrons. The van der Waals surface area contributed by atoms with Crippen molar-refractivity contribution in [2.75, 3.05) is 26.2 Å². The monoisotopic (exact) mass is 408 g/mol. The molecule has 7 heteroatoms. The lowest BCUT2D eigenvalue weighted by Crippen LogP contribution is -2.36. The molecule has 0 bridgehead atoms. The van der Waals surface area contributed by atoms with Crippen LogP contribution in [0.25, 0.3) is 0 Å². The van der Waals surface area contributed by atoms with E-state index in [4.69, 9.17) is 5.73 Å². The van der Waals surface area contributed by atoms with Crippen LogP contribution in [-0.4, -0.2) is 58.0 Å². The van der Waals surface area contributed by atoms with Crippen molar-refractivity contribution in [3.8, 4) is 0 Å². The number of fused-ring (bicyclic) bond motifs is 1. The lowest BCUT2D eigenvalue weighted by atomic mass is 9.76. The van der Waals surface area contributed by atoms with Gasteiger partial charge in [-0.2, -0.15) is 0 Å². The van der Waals surface area contributed by atoms with E-state index in [0.29, 0.717) is 23.7 Å². The molecule has 1 aromatic carbocycles. The van der Waals surface area contributed by atoms with Gasteiger partial charge in [-0.25, -0.2) is 4.68 Å². The number of nitrogens with one attached hydrogen (secondary N) is 1. The largest absolute Gasteiger partial charge is 0.336 e. The fourth-order valence-corrected chi connectivity index (χ4v) is 5.66. The molecule has 1 amide bonds. The number of hydrogen-bond donors (Lipinski definition) is 2. The van der Waals surface area contributed by atoms with E-state index in [0.717, 1.165) is 64.7 Å². The summed E-state index contributed by atoms with van der Waals surface area (Å²) in [5.41, 5.74) is 8.04. The van der Waals surface area contributed by atoms with Crippen LogP contribution in [0.15, 0.2) is 36.5 Å². The van der Waals surface area contributed by atoms with E-state index in [9.17, 15) is 4.79 Å². The number of amides is 1. The summed E-state index contributed by atoms with van der Waals surface area (Å²) in [6.45, 7) is 3.60. The molecule has 1 aliphatic carbocycles. The van der Waals surface area contributed by atoms with Crippen molar-refractivity contribution in [1.29, 1.82) is 0 Å². The number of benzene rings is 1. The summed E-state index contributed by atoms with van der Waals surface area (Å²) in [4.78, 5) is 15.2. The average Bonchev–Trinajstić information content (AvgIpc) is 3.48. The van der Waals surface area contributed by atoms with E-state index >= 15 is 0 Å². The van der Waals surface area contributed by atoms with E-state index in [1.165, 1.54) is 5.56 Å². The SMILES string of the molecule is NC1CCC(n2cc(C(=O)N3CC4CNCC4(CCc4ccccc4)C3)nn2)CC1. The van der Waals surface area contributed by atoms with Crippen molar-refractivity contribution >= 4 is 5.91 Å². The maximum absolute atomic E-state index is 13.2. The molecule has 0 radical (unpaired) electrons. The van der Waals surface area contributed by atoms with Crippen LogP contribution >= 0.6 is 0 Å². The van der Waals surface area contributed by atoms with Crippen LogP contribution in [0.4, 0.5) is 0 Å². The summed E-state index contributed by atoms with van der Waals surface area (Å²) >= 11 is 0. The van der Waals surface area contributed by atoms with E-state index in [-0.39, 0.29) is 11.3 Å². The van der Waals surface area contributed by atoms with Gasteiger partial charge in [0.05, 0.1) is 12.2 Å².